The van der Waals surface area contributed by atoms with E-state index in [1.54, 1.807) is 0 Å². The highest BCUT2D eigenvalue weighted by Crippen LogP contribution is 2.17. The maximum atomic E-state index is 4.58. The zero-order valence-corrected chi connectivity index (χ0v) is 10.1. The second kappa shape index (κ2) is 6.57. The monoisotopic (exact) mass is 206 g/mol. The van der Waals surface area contributed by atoms with Crippen LogP contribution in [0.25, 0.3) is 0 Å². The Morgan fingerprint density at radius 1 is 1.33 bits per heavy atom. The van der Waals surface area contributed by atoms with Crippen LogP contribution >= 0.6 is 0 Å². The van der Waals surface area contributed by atoms with Crippen LogP contribution in [0.3, 0.4) is 0 Å². The summed E-state index contributed by atoms with van der Waals surface area (Å²) < 4.78 is 0. The minimum Gasteiger partial charge on any atom is -0.309 e. The molecule has 2 nitrogen and oxygen atoms in total. The highest BCUT2D eigenvalue weighted by Gasteiger charge is 2.10. The van der Waals surface area contributed by atoms with Crippen molar-refractivity contribution in [3.8, 4) is 0 Å². The molecule has 84 valence electrons. The van der Waals surface area contributed by atoms with Crippen LogP contribution in [0.1, 0.15) is 50.5 Å². The fourth-order valence-electron chi connectivity index (χ4n) is 1.77. The van der Waals surface area contributed by atoms with Gasteiger partial charge in [0.25, 0.3) is 0 Å². The predicted octanol–water partition coefficient (Wildman–Crippen LogP) is 3.23. The summed E-state index contributed by atoms with van der Waals surface area (Å²) in [5.41, 5.74) is 2.29. The lowest BCUT2D eigenvalue weighted by Crippen LogP contribution is -2.22. The van der Waals surface area contributed by atoms with E-state index in [0.717, 1.165) is 12.2 Å². The van der Waals surface area contributed by atoms with Gasteiger partial charge >= 0.3 is 0 Å². The van der Waals surface area contributed by atoms with Gasteiger partial charge in [0.15, 0.2) is 0 Å². The van der Waals surface area contributed by atoms with Crippen molar-refractivity contribution in [3.63, 3.8) is 0 Å². The van der Waals surface area contributed by atoms with Gasteiger partial charge in [-0.15, -0.1) is 0 Å². The Kier molecular flexibility index (Phi) is 5.33. The van der Waals surface area contributed by atoms with Gasteiger partial charge in [0.1, 0.15) is 0 Å². The van der Waals surface area contributed by atoms with Gasteiger partial charge in [-0.1, -0.05) is 32.8 Å². The van der Waals surface area contributed by atoms with Crippen LogP contribution in [-0.4, -0.2) is 11.5 Å². The van der Waals surface area contributed by atoms with Crippen molar-refractivity contribution in [2.45, 2.75) is 46.1 Å². The number of hydrogen-bond donors (Lipinski definition) is 1. The number of aryl methyl sites for hydroxylation is 1. The Labute approximate surface area is 93.1 Å². The highest BCUT2D eigenvalue weighted by molar-refractivity contribution is 5.13. The molecule has 0 fully saturated rings. The summed E-state index contributed by atoms with van der Waals surface area (Å²) >= 11 is 0. The first kappa shape index (κ1) is 12.2. The second-order valence-corrected chi connectivity index (χ2v) is 3.96. The molecule has 2 heteroatoms. The van der Waals surface area contributed by atoms with Crippen molar-refractivity contribution < 1.29 is 0 Å². The van der Waals surface area contributed by atoms with Crippen LogP contribution < -0.4 is 5.32 Å². The van der Waals surface area contributed by atoms with Crippen molar-refractivity contribution >= 4 is 0 Å². The molecule has 1 heterocycles. The fraction of sp³-hybridized carbons (Fsp3) is 0.615. The van der Waals surface area contributed by atoms with E-state index in [1.807, 2.05) is 13.0 Å². The minimum absolute atomic E-state index is 0.426. The number of hydrogen-bond acceptors (Lipinski definition) is 2. The van der Waals surface area contributed by atoms with E-state index < -0.39 is 0 Å². The van der Waals surface area contributed by atoms with Gasteiger partial charge in [-0.05, 0) is 32.0 Å². The molecule has 1 aromatic heterocycles. The lowest BCUT2D eigenvalue weighted by molar-refractivity contribution is 0.484. The molecule has 1 N–H and O–H groups in total. The average molecular weight is 206 g/mol. The van der Waals surface area contributed by atoms with Crippen LogP contribution in [0, 0.1) is 6.92 Å². The number of aromatic nitrogens is 1. The summed E-state index contributed by atoms with van der Waals surface area (Å²) in [7, 11) is 0. The first-order valence-electron chi connectivity index (χ1n) is 5.94. The van der Waals surface area contributed by atoms with E-state index in [9.17, 15) is 0 Å². The highest BCUT2D eigenvalue weighted by atomic mass is 14.9. The number of unbranched alkanes of at least 4 members (excludes halogenated alkanes) is 1. The molecule has 0 aromatic carbocycles. The number of nitrogens with zero attached hydrogens (tertiary/aromatic N) is 1. The van der Waals surface area contributed by atoms with Crippen LogP contribution in [0.4, 0.5) is 0 Å². The van der Waals surface area contributed by atoms with E-state index in [4.69, 9.17) is 0 Å². The van der Waals surface area contributed by atoms with Crippen LogP contribution in [-0.2, 0) is 0 Å². The van der Waals surface area contributed by atoms with Gasteiger partial charge in [0, 0.05) is 11.7 Å². The zero-order chi connectivity index (χ0) is 11.1. The Hall–Kier alpha value is -0.890. The molecule has 0 amide bonds. The molecule has 1 atom stereocenters. The molecule has 0 saturated carbocycles. The third kappa shape index (κ3) is 4.00. The molecule has 0 aliphatic rings. The maximum absolute atomic E-state index is 4.58. The molecule has 15 heavy (non-hydrogen) atoms. The standard InChI is InChI=1S/C13H22N2/c1-4-6-9-12(14-5-2)13-10-7-8-11(3)15-13/h7-8,10,12,14H,4-6,9H2,1-3H3. The van der Waals surface area contributed by atoms with Gasteiger partial charge in [-0.25, -0.2) is 0 Å². The number of pyridine rings is 1. The Balaban J connectivity index is 2.69. The average Bonchev–Trinajstić information content (AvgIpc) is 2.24. The van der Waals surface area contributed by atoms with Crippen molar-refractivity contribution in [2.24, 2.45) is 0 Å². The zero-order valence-electron chi connectivity index (χ0n) is 10.1. The largest absolute Gasteiger partial charge is 0.309 e. The van der Waals surface area contributed by atoms with Crippen molar-refractivity contribution in [3.05, 3.63) is 29.6 Å². The SMILES string of the molecule is CCCCC(NCC)c1cccc(C)n1. The summed E-state index contributed by atoms with van der Waals surface area (Å²) in [5, 5.41) is 3.50. The smallest absolute Gasteiger partial charge is 0.0576 e. The molecular weight excluding hydrogens is 184 g/mol. The third-order valence-corrected chi connectivity index (χ3v) is 2.56. The van der Waals surface area contributed by atoms with Crippen molar-refractivity contribution in [1.29, 1.82) is 0 Å². The summed E-state index contributed by atoms with van der Waals surface area (Å²) in [5.74, 6) is 0. The molecule has 0 saturated heterocycles. The van der Waals surface area contributed by atoms with E-state index in [0.29, 0.717) is 6.04 Å². The molecule has 1 rings (SSSR count). The van der Waals surface area contributed by atoms with Gasteiger partial charge in [-0.2, -0.15) is 0 Å². The fourth-order valence-corrected chi connectivity index (χ4v) is 1.77. The first-order chi connectivity index (χ1) is 7.27. The van der Waals surface area contributed by atoms with E-state index in [1.165, 1.54) is 25.0 Å². The van der Waals surface area contributed by atoms with Crippen LogP contribution in [0.15, 0.2) is 18.2 Å². The Morgan fingerprint density at radius 3 is 2.73 bits per heavy atom. The lowest BCUT2D eigenvalue weighted by atomic mass is 10.1. The quantitative estimate of drug-likeness (QED) is 0.773. The normalized spacial score (nSPS) is 12.7. The first-order valence-corrected chi connectivity index (χ1v) is 5.94. The van der Waals surface area contributed by atoms with Crippen LogP contribution in [0.5, 0.6) is 0 Å². The molecule has 0 aliphatic carbocycles. The van der Waals surface area contributed by atoms with E-state index >= 15 is 0 Å². The summed E-state index contributed by atoms with van der Waals surface area (Å²) in [6.07, 6.45) is 3.68. The van der Waals surface area contributed by atoms with Gasteiger partial charge in [0.2, 0.25) is 0 Å². The summed E-state index contributed by atoms with van der Waals surface area (Å²) in [4.78, 5) is 4.58. The topological polar surface area (TPSA) is 24.9 Å². The number of rotatable bonds is 6. The molecule has 0 radical (unpaired) electrons. The van der Waals surface area contributed by atoms with E-state index in [-0.39, 0.29) is 0 Å². The van der Waals surface area contributed by atoms with Gasteiger partial charge in [0.05, 0.1) is 5.69 Å². The van der Waals surface area contributed by atoms with E-state index in [2.05, 4.69) is 36.3 Å². The second-order valence-electron chi connectivity index (χ2n) is 3.96. The van der Waals surface area contributed by atoms with Gasteiger partial charge < -0.3 is 5.32 Å². The molecule has 0 aliphatic heterocycles. The summed E-state index contributed by atoms with van der Waals surface area (Å²) in [6, 6.07) is 6.69. The molecule has 0 bridgehead atoms. The van der Waals surface area contributed by atoms with Gasteiger partial charge in [-0.3, -0.25) is 4.98 Å². The minimum atomic E-state index is 0.426. The lowest BCUT2D eigenvalue weighted by Gasteiger charge is -2.17. The Morgan fingerprint density at radius 2 is 2.13 bits per heavy atom. The number of nitrogens with one attached hydrogen (secondary N) is 1. The van der Waals surface area contributed by atoms with Crippen molar-refractivity contribution in [1.82, 2.24) is 10.3 Å². The molecule has 1 unspecified atom stereocenters. The maximum Gasteiger partial charge on any atom is 0.0576 e. The molecule has 0 spiro atoms. The Bertz CT molecular complexity index is 284. The molecular formula is C13H22N2. The van der Waals surface area contributed by atoms with Crippen molar-refractivity contribution in [2.75, 3.05) is 6.54 Å². The summed E-state index contributed by atoms with van der Waals surface area (Å²) in [6.45, 7) is 7.43. The molecule has 1 aromatic rings. The van der Waals surface area contributed by atoms with Crippen LogP contribution in [0.2, 0.25) is 0 Å². The third-order valence-electron chi connectivity index (χ3n) is 2.56. The predicted molar refractivity (Wildman–Crippen MR) is 64.9 cm³/mol.